The first-order chi connectivity index (χ1) is 15.1. The normalized spacial score (nSPS) is 15.5. The van der Waals surface area contributed by atoms with Gasteiger partial charge in [-0.3, -0.25) is 0 Å². The largest absolute Gasteiger partial charge is 0.457 e. The van der Waals surface area contributed by atoms with Crippen molar-refractivity contribution in [1.29, 1.82) is 0 Å². The van der Waals surface area contributed by atoms with Crippen molar-refractivity contribution in [2.24, 2.45) is 0 Å². The van der Waals surface area contributed by atoms with E-state index >= 15 is 0 Å². The van der Waals surface area contributed by atoms with Crippen LogP contribution in [-0.4, -0.2) is 26.5 Å². The van der Waals surface area contributed by atoms with E-state index in [-0.39, 0.29) is 6.61 Å². The lowest BCUT2D eigenvalue weighted by Crippen LogP contribution is -2.29. The molecular formula is C22H23BrN4O3S. The van der Waals surface area contributed by atoms with Gasteiger partial charge in [0.25, 0.3) is 0 Å². The van der Waals surface area contributed by atoms with Crippen LogP contribution in [0.2, 0.25) is 0 Å². The molecule has 0 saturated carbocycles. The molecule has 0 saturated heterocycles. The number of aromatic nitrogens is 3. The molecule has 0 spiro atoms. The van der Waals surface area contributed by atoms with Crippen molar-refractivity contribution in [2.75, 3.05) is 11.1 Å². The van der Waals surface area contributed by atoms with Crippen LogP contribution in [0, 0.1) is 0 Å². The lowest BCUT2D eigenvalue weighted by molar-refractivity contribution is -0.140. The molecule has 1 atom stereocenters. The zero-order valence-electron chi connectivity index (χ0n) is 17.3. The zero-order chi connectivity index (χ0) is 21.8. The topological polar surface area (TPSA) is 82.2 Å². The van der Waals surface area contributed by atoms with Gasteiger partial charge in [0.1, 0.15) is 18.4 Å². The highest BCUT2D eigenvalue weighted by Crippen LogP contribution is 2.38. The van der Waals surface area contributed by atoms with Gasteiger partial charge in [0.2, 0.25) is 11.1 Å². The molecule has 0 amide bonds. The minimum Gasteiger partial charge on any atom is -0.457 e. The van der Waals surface area contributed by atoms with E-state index in [1.807, 2.05) is 43.3 Å². The number of hydrogen-bond donors (Lipinski definition) is 1. The van der Waals surface area contributed by atoms with E-state index in [0.717, 1.165) is 24.2 Å². The van der Waals surface area contributed by atoms with Crippen LogP contribution in [0.25, 0.3) is 0 Å². The van der Waals surface area contributed by atoms with Gasteiger partial charge in [-0.15, -0.1) is 5.10 Å². The molecular weight excluding hydrogens is 480 g/mol. The summed E-state index contributed by atoms with van der Waals surface area (Å²) in [6, 6.07) is 12.7. The summed E-state index contributed by atoms with van der Waals surface area (Å²) in [7, 11) is 0. The third kappa shape index (κ3) is 4.88. The van der Waals surface area contributed by atoms with E-state index in [0.29, 0.717) is 32.8 Å². The number of rotatable bonds is 8. The maximum absolute atomic E-state index is 13.2. The van der Waals surface area contributed by atoms with Crippen molar-refractivity contribution in [3.8, 4) is 0 Å². The lowest BCUT2D eigenvalue weighted by Gasteiger charge is -2.26. The summed E-state index contributed by atoms with van der Waals surface area (Å²) >= 11 is 4.96. The van der Waals surface area contributed by atoms with Crippen molar-refractivity contribution in [3.05, 3.63) is 69.7 Å². The molecule has 1 N–H and O–H groups in total. The van der Waals surface area contributed by atoms with Gasteiger partial charge in [0.15, 0.2) is 4.67 Å². The first kappa shape index (κ1) is 21.7. The van der Waals surface area contributed by atoms with Gasteiger partial charge in [-0.2, -0.15) is 4.98 Å². The molecule has 7 nitrogen and oxygen atoms in total. The molecule has 0 aliphatic carbocycles. The number of esters is 1. The molecule has 1 unspecified atom stereocenters. The van der Waals surface area contributed by atoms with Crippen molar-refractivity contribution in [3.63, 3.8) is 0 Å². The number of hydrogen-bond acceptors (Lipinski definition) is 7. The summed E-state index contributed by atoms with van der Waals surface area (Å²) < 4.78 is 13.8. The van der Waals surface area contributed by atoms with Gasteiger partial charge >= 0.3 is 5.97 Å². The summed E-state index contributed by atoms with van der Waals surface area (Å²) in [5, 5.41) is 8.54. The summed E-state index contributed by atoms with van der Waals surface area (Å²) in [5.74, 6) is 1.67. The number of halogens is 1. The lowest BCUT2D eigenvalue weighted by atomic mass is 10.0. The van der Waals surface area contributed by atoms with E-state index < -0.39 is 12.0 Å². The Morgan fingerprint density at radius 2 is 2.10 bits per heavy atom. The van der Waals surface area contributed by atoms with Crippen molar-refractivity contribution >= 4 is 39.6 Å². The average Bonchev–Trinajstić information content (AvgIpc) is 3.37. The Kier molecular flexibility index (Phi) is 6.82. The van der Waals surface area contributed by atoms with Crippen LogP contribution in [0.5, 0.6) is 0 Å². The van der Waals surface area contributed by atoms with E-state index in [1.165, 1.54) is 0 Å². The number of nitrogens with zero attached hydrogens (tertiary/aromatic N) is 3. The fourth-order valence-corrected chi connectivity index (χ4v) is 4.54. The number of anilines is 1. The number of fused-ring (bicyclic) bond motifs is 1. The fraction of sp³-hybridized carbons (Fsp3) is 0.318. The molecule has 0 fully saturated rings. The van der Waals surface area contributed by atoms with Crippen LogP contribution in [0.15, 0.2) is 68.0 Å². The molecule has 0 radical (unpaired) electrons. The number of allylic oxidation sites excluding steroid dienone is 1. The predicted octanol–water partition coefficient (Wildman–Crippen LogP) is 5.56. The molecule has 1 aliphatic rings. The number of benzene rings is 1. The SMILES string of the molecule is CCCCSc1nc2n(n1)C(c1ccc(Br)o1)C(C(=O)OCc1ccccc1)=C(C)N2. The standard InChI is InChI=1S/C22H23BrN4O3S/c1-3-4-12-31-22-25-21-24-14(2)18(20(28)29-13-15-8-6-5-7-9-15)19(27(21)26-22)16-10-11-17(23)30-16/h5-11,19H,3-4,12-13H2,1-2H3,(H,24,25,26). The van der Waals surface area contributed by atoms with Crippen LogP contribution in [0.1, 0.15) is 44.1 Å². The summed E-state index contributed by atoms with van der Waals surface area (Å²) in [5.41, 5.74) is 2.03. The maximum atomic E-state index is 13.2. The van der Waals surface area contributed by atoms with Crippen molar-refractivity contribution in [1.82, 2.24) is 14.8 Å². The monoisotopic (exact) mass is 502 g/mol. The second-order valence-electron chi connectivity index (χ2n) is 7.13. The molecule has 1 aliphatic heterocycles. The average molecular weight is 503 g/mol. The Morgan fingerprint density at radius 1 is 1.29 bits per heavy atom. The number of carbonyl (C=O) groups is 1. The smallest absolute Gasteiger partial charge is 0.338 e. The van der Waals surface area contributed by atoms with Gasteiger partial charge < -0.3 is 14.5 Å². The Morgan fingerprint density at radius 3 is 2.81 bits per heavy atom. The quantitative estimate of drug-likeness (QED) is 0.245. The molecule has 4 rings (SSSR count). The van der Waals surface area contributed by atoms with Crippen LogP contribution < -0.4 is 5.32 Å². The molecule has 1 aromatic carbocycles. The Hall–Kier alpha value is -2.52. The van der Waals surface area contributed by atoms with Gasteiger partial charge in [-0.25, -0.2) is 9.48 Å². The van der Waals surface area contributed by atoms with Crippen LogP contribution in [0.3, 0.4) is 0 Å². The molecule has 3 aromatic rings. The minimum atomic E-state index is -0.571. The van der Waals surface area contributed by atoms with Crippen LogP contribution >= 0.6 is 27.7 Å². The highest BCUT2D eigenvalue weighted by molar-refractivity contribution is 9.10. The minimum absolute atomic E-state index is 0.188. The second kappa shape index (κ2) is 9.74. The number of nitrogens with one attached hydrogen (secondary N) is 1. The van der Waals surface area contributed by atoms with Crippen LogP contribution in [-0.2, 0) is 16.1 Å². The van der Waals surface area contributed by atoms with E-state index in [1.54, 1.807) is 22.5 Å². The fourth-order valence-electron chi connectivity index (χ4n) is 3.30. The highest BCUT2D eigenvalue weighted by atomic mass is 79.9. The number of unbranched alkanes of at least 4 members (excludes halogenated alkanes) is 1. The first-order valence-electron chi connectivity index (χ1n) is 10.1. The highest BCUT2D eigenvalue weighted by Gasteiger charge is 2.37. The molecule has 31 heavy (non-hydrogen) atoms. The Labute approximate surface area is 193 Å². The van der Waals surface area contributed by atoms with E-state index in [2.05, 4.69) is 38.3 Å². The zero-order valence-corrected chi connectivity index (χ0v) is 19.7. The third-order valence-electron chi connectivity index (χ3n) is 4.86. The number of furan rings is 1. The summed E-state index contributed by atoms with van der Waals surface area (Å²) in [4.78, 5) is 17.8. The van der Waals surface area contributed by atoms with Gasteiger partial charge in [-0.1, -0.05) is 55.4 Å². The molecule has 9 heteroatoms. The van der Waals surface area contributed by atoms with Crippen molar-refractivity contribution < 1.29 is 13.9 Å². The van der Waals surface area contributed by atoms with Crippen molar-refractivity contribution in [2.45, 2.75) is 44.5 Å². The predicted molar refractivity (Wildman–Crippen MR) is 123 cm³/mol. The first-order valence-corrected chi connectivity index (χ1v) is 11.9. The maximum Gasteiger partial charge on any atom is 0.338 e. The molecule has 2 aromatic heterocycles. The van der Waals surface area contributed by atoms with E-state index in [9.17, 15) is 4.79 Å². The number of ether oxygens (including phenoxy) is 1. The Bertz CT molecular complexity index is 1090. The third-order valence-corrected chi connectivity index (χ3v) is 6.21. The summed E-state index contributed by atoms with van der Waals surface area (Å²) in [6.07, 6.45) is 2.20. The van der Waals surface area contributed by atoms with Gasteiger partial charge in [0, 0.05) is 11.4 Å². The van der Waals surface area contributed by atoms with Crippen LogP contribution in [0.4, 0.5) is 5.95 Å². The number of thioether (sulfide) groups is 1. The summed E-state index contributed by atoms with van der Waals surface area (Å²) in [6.45, 7) is 4.18. The van der Waals surface area contributed by atoms with E-state index in [4.69, 9.17) is 9.15 Å². The Balaban J connectivity index is 1.64. The number of carbonyl (C=O) groups excluding carboxylic acids is 1. The van der Waals surface area contributed by atoms with Gasteiger partial charge in [-0.05, 0) is 47.0 Å². The molecule has 0 bridgehead atoms. The second-order valence-corrected chi connectivity index (χ2v) is 8.98. The van der Waals surface area contributed by atoms with Gasteiger partial charge in [0.05, 0.1) is 5.57 Å². The molecule has 3 heterocycles. The molecule has 162 valence electrons.